The molecule has 0 saturated carbocycles. The average Bonchev–Trinajstić information content (AvgIpc) is 2.79. The van der Waals surface area contributed by atoms with E-state index in [2.05, 4.69) is 5.32 Å². The second kappa shape index (κ2) is 12.7. The molecule has 1 aliphatic heterocycles. The second-order valence-electron chi connectivity index (χ2n) is 7.84. The summed E-state index contributed by atoms with van der Waals surface area (Å²) in [6, 6.07) is 6.55. The zero-order chi connectivity index (χ0) is 23.5. The largest absolute Gasteiger partial charge is 0.480 e. The van der Waals surface area contributed by atoms with Gasteiger partial charge < -0.3 is 26.1 Å². The number of amides is 1. The number of anilines is 1. The Kier molecular flexibility index (Phi) is 10.1. The molecular formula is C21H31N5O6. The zero-order valence-electron chi connectivity index (χ0n) is 18.0. The summed E-state index contributed by atoms with van der Waals surface area (Å²) >= 11 is 0. The van der Waals surface area contributed by atoms with Gasteiger partial charge in [0, 0.05) is 51.0 Å². The molecule has 0 bridgehead atoms. The molecule has 11 heteroatoms. The first-order chi connectivity index (χ1) is 15.3. The van der Waals surface area contributed by atoms with Crippen LogP contribution in [0.3, 0.4) is 0 Å². The van der Waals surface area contributed by atoms with Crippen LogP contribution in [-0.2, 0) is 25.6 Å². The van der Waals surface area contributed by atoms with Crippen LogP contribution in [0.25, 0.3) is 0 Å². The maximum absolute atomic E-state index is 12.5. The minimum Gasteiger partial charge on any atom is -0.480 e. The van der Waals surface area contributed by atoms with E-state index in [1.54, 1.807) is 34.1 Å². The molecule has 2 rings (SSSR count). The molecule has 1 unspecified atom stereocenters. The Morgan fingerprint density at radius 1 is 1.00 bits per heavy atom. The lowest BCUT2D eigenvalue weighted by atomic mass is 10.1. The van der Waals surface area contributed by atoms with Gasteiger partial charge in [-0.15, -0.1) is 0 Å². The number of aliphatic carboxylic acids is 2. The van der Waals surface area contributed by atoms with E-state index in [0.29, 0.717) is 31.9 Å². The Bertz CT molecular complexity index is 787. The van der Waals surface area contributed by atoms with E-state index in [4.69, 9.17) is 5.73 Å². The quantitative estimate of drug-likeness (QED) is 0.247. The molecule has 1 saturated heterocycles. The van der Waals surface area contributed by atoms with E-state index in [0.717, 1.165) is 11.8 Å². The lowest BCUT2D eigenvalue weighted by molar-refractivity contribution is -0.140. The van der Waals surface area contributed by atoms with E-state index in [1.807, 2.05) is 4.90 Å². The van der Waals surface area contributed by atoms with Gasteiger partial charge >= 0.3 is 11.9 Å². The van der Waals surface area contributed by atoms with Crippen LogP contribution in [0.2, 0.25) is 0 Å². The van der Waals surface area contributed by atoms with E-state index in [-0.39, 0.29) is 45.1 Å². The van der Waals surface area contributed by atoms with Crippen LogP contribution in [0.15, 0.2) is 24.3 Å². The Balaban J connectivity index is 2.11. The number of carboxylic acid groups (broad SMARTS) is 2. The van der Waals surface area contributed by atoms with Gasteiger partial charge in [0.25, 0.3) is 0 Å². The minimum absolute atomic E-state index is 0.151. The standard InChI is InChI=1S/C21H31N5O6/c22-17-3-1-16(2-4-17)11-19(28)23-12-18-13-25(14-20(29)30)6-5-24(9-10-27)7-8-26(18)15-21(31)32/h1-4,10,18H,5-9,11-15,22H2,(H,23,28)(H,29,30)(H,31,32). The Labute approximate surface area is 186 Å². The third kappa shape index (κ3) is 9.00. The topological polar surface area (TPSA) is 157 Å². The van der Waals surface area contributed by atoms with Gasteiger partial charge in [-0.25, -0.2) is 0 Å². The van der Waals surface area contributed by atoms with Crippen molar-refractivity contribution in [2.75, 3.05) is 64.6 Å². The summed E-state index contributed by atoms with van der Waals surface area (Å²) in [5.41, 5.74) is 7.06. The monoisotopic (exact) mass is 449 g/mol. The van der Waals surface area contributed by atoms with Gasteiger partial charge in [-0.1, -0.05) is 12.1 Å². The Hall–Kier alpha value is -3.02. The van der Waals surface area contributed by atoms with Crippen LogP contribution in [0.1, 0.15) is 5.56 Å². The van der Waals surface area contributed by atoms with Crippen LogP contribution in [-0.4, -0.2) is 114 Å². The van der Waals surface area contributed by atoms with Crippen LogP contribution in [0, 0.1) is 0 Å². The molecule has 1 atom stereocenters. The van der Waals surface area contributed by atoms with Crippen molar-refractivity contribution in [3.8, 4) is 0 Å². The van der Waals surface area contributed by atoms with Crippen molar-refractivity contribution >= 4 is 29.8 Å². The fourth-order valence-electron chi connectivity index (χ4n) is 3.67. The van der Waals surface area contributed by atoms with Gasteiger partial charge in [-0.05, 0) is 17.7 Å². The van der Waals surface area contributed by atoms with Gasteiger partial charge in [0.05, 0.1) is 26.1 Å². The molecular weight excluding hydrogens is 418 g/mol. The first kappa shape index (κ1) is 25.2. The third-order valence-corrected chi connectivity index (χ3v) is 5.33. The van der Waals surface area contributed by atoms with Crippen molar-refractivity contribution in [1.82, 2.24) is 20.0 Å². The van der Waals surface area contributed by atoms with E-state index in [9.17, 15) is 29.4 Å². The summed E-state index contributed by atoms with van der Waals surface area (Å²) < 4.78 is 0. The average molecular weight is 450 g/mol. The number of nitrogen functional groups attached to an aromatic ring is 1. The Morgan fingerprint density at radius 2 is 1.62 bits per heavy atom. The fraction of sp³-hybridized carbons (Fsp3) is 0.524. The molecule has 0 aliphatic carbocycles. The Morgan fingerprint density at radius 3 is 2.25 bits per heavy atom. The molecule has 0 spiro atoms. The number of nitrogens with one attached hydrogen (secondary N) is 1. The van der Waals surface area contributed by atoms with Gasteiger partial charge in [0.2, 0.25) is 5.91 Å². The molecule has 0 aromatic heterocycles. The van der Waals surface area contributed by atoms with E-state index >= 15 is 0 Å². The molecule has 5 N–H and O–H groups in total. The van der Waals surface area contributed by atoms with Gasteiger partial charge in [-0.2, -0.15) is 0 Å². The van der Waals surface area contributed by atoms with Crippen molar-refractivity contribution in [2.24, 2.45) is 0 Å². The summed E-state index contributed by atoms with van der Waals surface area (Å²) in [5.74, 6) is -2.24. The second-order valence-corrected chi connectivity index (χ2v) is 7.84. The summed E-state index contributed by atoms with van der Waals surface area (Å²) in [6.45, 7) is 1.90. The summed E-state index contributed by atoms with van der Waals surface area (Å²) in [5, 5.41) is 21.5. The van der Waals surface area contributed by atoms with Gasteiger partial charge in [0.15, 0.2) is 0 Å². The molecule has 1 aliphatic rings. The predicted molar refractivity (Wildman–Crippen MR) is 117 cm³/mol. The zero-order valence-corrected chi connectivity index (χ0v) is 18.0. The van der Waals surface area contributed by atoms with Crippen molar-refractivity contribution in [2.45, 2.75) is 12.5 Å². The lowest BCUT2D eigenvalue weighted by Crippen LogP contribution is -2.52. The molecule has 1 amide bonds. The van der Waals surface area contributed by atoms with E-state index in [1.165, 1.54) is 0 Å². The van der Waals surface area contributed by atoms with E-state index < -0.39 is 18.0 Å². The molecule has 1 fully saturated rings. The number of nitrogens with two attached hydrogens (primary N) is 1. The SMILES string of the molecule is Nc1ccc(CC(=O)NCC2CN(CC(=O)O)CCN(CC=O)CCN2CC(=O)O)cc1. The normalized spacial score (nSPS) is 18.8. The number of carbonyl (C=O) groups excluding carboxylic acids is 2. The maximum Gasteiger partial charge on any atom is 0.317 e. The number of aldehydes is 1. The molecule has 0 radical (unpaired) electrons. The maximum atomic E-state index is 12.5. The third-order valence-electron chi connectivity index (χ3n) is 5.33. The van der Waals surface area contributed by atoms with Crippen molar-refractivity contribution < 1.29 is 29.4 Å². The number of rotatable bonds is 10. The number of benzene rings is 1. The molecule has 176 valence electrons. The van der Waals surface area contributed by atoms with Gasteiger partial charge in [0.1, 0.15) is 6.29 Å². The number of hydrogen-bond donors (Lipinski definition) is 4. The lowest BCUT2D eigenvalue weighted by Gasteiger charge is -2.33. The highest BCUT2D eigenvalue weighted by atomic mass is 16.4. The van der Waals surface area contributed by atoms with Crippen molar-refractivity contribution in [3.05, 3.63) is 29.8 Å². The van der Waals surface area contributed by atoms with Gasteiger partial charge in [-0.3, -0.25) is 29.1 Å². The molecule has 1 aromatic rings. The van der Waals surface area contributed by atoms with Crippen molar-refractivity contribution in [1.29, 1.82) is 0 Å². The van der Waals surface area contributed by atoms with Crippen molar-refractivity contribution in [3.63, 3.8) is 0 Å². The fourth-order valence-corrected chi connectivity index (χ4v) is 3.67. The summed E-state index contributed by atoms with van der Waals surface area (Å²) in [6.07, 6.45) is 0.924. The highest BCUT2D eigenvalue weighted by molar-refractivity contribution is 5.78. The molecule has 11 nitrogen and oxygen atoms in total. The number of nitrogens with zero attached hydrogens (tertiary/aromatic N) is 3. The highest BCUT2D eigenvalue weighted by Crippen LogP contribution is 2.09. The highest BCUT2D eigenvalue weighted by Gasteiger charge is 2.27. The first-order valence-electron chi connectivity index (χ1n) is 10.4. The predicted octanol–water partition coefficient (Wildman–Crippen LogP) is -1.42. The van der Waals surface area contributed by atoms with Crippen LogP contribution in [0.4, 0.5) is 5.69 Å². The van der Waals surface area contributed by atoms with Crippen LogP contribution < -0.4 is 11.1 Å². The molecule has 1 heterocycles. The number of hydrogen-bond acceptors (Lipinski definition) is 8. The first-order valence-corrected chi connectivity index (χ1v) is 10.4. The van der Waals surface area contributed by atoms with Crippen LogP contribution >= 0.6 is 0 Å². The smallest absolute Gasteiger partial charge is 0.317 e. The number of carbonyl (C=O) groups is 4. The minimum atomic E-state index is -1.02. The molecule has 32 heavy (non-hydrogen) atoms. The molecule has 1 aromatic carbocycles. The summed E-state index contributed by atoms with van der Waals surface area (Å²) in [4.78, 5) is 51.5. The van der Waals surface area contributed by atoms with Crippen LogP contribution in [0.5, 0.6) is 0 Å². The number of carboxylic acids is 2. The summed E-state index contributed by atoms with van der Waals surface area (Å²) in [7, 11) is 0.